The Balaban J connectivity index is 1.70. The Morgan fingerprint density at radius 1 is 1.06 bits per heavy atom. The van der Waals surface area contributed by atoms with Crippen LogP contribution in [0.4, 0.5) is 4.79 Å². The Hall–Kier alpha value is -2.32. The second kappa shape index (κ2) is 12.6. The molecule has 0 radical (unpaired) electrons. The third-order valence-electron chi connectivity index (χ3n) is 5.46. The van der Waals surface area contributed by atoms with Crippen molar-refractivity contribution in [3.05, 3.63) is 35.4 Å². The van der Waals surface area contributed by atoms with E-state index >= 15 is 0 Å². The number of benzene rings is 1. The molecule has 1 aliphatic rings. The van der Waals surface area contributed by atoms with Gasteiger partial charge in [0.1, 0.15) is 5.60 Å². The van der Waals surface area contributed by atoms with Crippen molar-refractivity contribution in [1.29, 1.82) is 0 Å². The van der Waals surface area contributed by atoms with Crippen LogP contribution in [0.25, 0.3) is 0 Å². The third kappa shape index (κ3) is 9.44. The maximum Gasteiger partial charge on any atom is 0.410 e. The van der Waals surface area contributed by atoms with E-state index in [1.807, 2.05) is 32.9 Å². The van der Waals surface area contributed by atoms with Crippen LogP contribution in [0.5, 0.6) is 0 Å². The number of ether oxygens (including phenoxy) is 1. The van der Waals surface area contributed by atoms with Gasteiger partial charge in [0.15, 0.2) is 5.96 Å². The second-order valence-electron chi connectivity index (χ2n) is 9.28. The van der Waals surface area contributed by atoms with Gasteiger partial charge >= 0.3 is 6.09 Å². The van der Waals surface area contributed by atoms with Gasteiger partial charge in [0.05, 0.1) is 0 Å². The highest BCUT2D eigenvalue weighted by molar-refractivity contribution is 5.79. The molecule has 1 aliphatic heterocycles. The van der Waals surface area contributed by atoms with Crippen LogP contribution in [-0.2, 0) is 17.8 Å². The molecule has 8 nitrogen and oxygen atoms in total. The number of amides is 1. The van der Waals surface area contributed by atoms with Crippen LogP contribution in [0, 0.1) is 0 Å². The van der Waals surface area contributed by atoms with Crippen LogP contribution in [0.15, 0.2) is 29.3 Å². The number of carbonyl (C=O) groups is 1. The molecule has 2 rings (SSSR count). The highest BCUT2D eigenvalue weighted by Gasteiger charge is 2.19. The van der Waals surface area contributed by atoms with Gasteiger partial charge in [-0.25, -0.2) is 4.79 Å². The summed E-state index contributed by atoms with van der Waals surface area (Å²) in [7, 11) is 3.55. The molecular weight excluding hydrogens is 404 g/mol. The fraction of sp³-hybridized carbons (Fsp3) is 0.667. The van der Waals surface area contributed by atoms with Crippen LogP contribution < -0.4 is 10.6 Å². The predicted octanol–water partition coefficient (Wildman–Crippen LogP) is 2.36. The number of nitrogens with one attached hydrogen (secondary N) is 2. The van der Waals surface area contributed by atoms with Gasteiger partial charge in [0.25, 0.3) is 0 Å². The quantitative estimate of drug-likeness (QED) is 0.472. The molecule has 1 heterocycles. The average Bonchev–Trinajstić information content (AvgIpc) is 2.76. The first-order valence-electron chi connectivity index (χ1n) is 11.6. The number of aliphatic imine (C=N–C) groups is 1. The number of carbonyl (C=O) groups excluding carboxylic acids is 1. The lowest BCUT2D eigenvalue weighted by atomic mass is 10.1. The van der Waals surface area contributed by atoms with Crippen LogP contribution in [0.2, 0.25) is 0 Å². The van der Waals surface area contributed by atoms with E-state index in [0.29, 0.717) is 13.1 Å². The summed E-state index contributed by atoms with van der Waals surface area (Å²) in [5, 5.41) is 6.78. The number of nitrogens with zero attached hydrogens (tertiary/aromatic N) is 4. The first-order chi connectivity index (χ1) is 15.2. The summed E-state index contributed by atoms with van der Waals surface area (Å²) in [4.78, 5) is 23.0. The van der Waals surface area contributed by atoms with E-state index in [0.717, 1.165) is 62.9 Å². The Morgan fingerprint density at radius 3 is 2.22 bits per heavy atom. The lowest BCUT2D eigenvalue weighted by Gasteiger charge is -2.34. The fourth-order valence-electron chi connectivity index (χ4n) is 3.51. The topological polar surface area (TPSA) is 72.4 Å². The normalized spacial score (nSPS) is 16.0. The van der Waals surface area contributed by atoms with E-state index < -0.39 is 5.60 Å². The number of hydrogen-bond donors (Lipinski definition) is 2. The monoisotopic (exact) mass is 446 g/mol. The van der Waals surface area contributed by atoms with Gasteiger partial charge in [-0.1, -0.05) is 31.2 Å². The SMILES string of the molecule is CCN1CCN(CCNC(=NC)NCc2ccc(CN(C)C(=O)OC(C)(C)C)cc2)CC1. The summed E-state index contributed by atoms with van der Waals surface area (Å²) in [6, 6.07) is 8.24. The maximum absolute atomic E-state index is 12.1. The molecule has 1 saturated heterocycles. The molecule has 1 fully saturated rings. The number of hydrogen-bond acceptors (Lipinski definition) is 5. The van der Waals surface area contributed by atoms with E-state index in [4.69, 9.17) is 4.74 Å². The Morgan fingerprint density at radius 2 is 1.66 bits per heavy atom. The third-order valence-corrected chi connectivity index (χ3v) is 5.46. The van der Waals surface area contributed by atoms with E-state index in [9.17, 15) is 4.79 Å². The van der Waals surface area contributed by atoms with Crippen molar-refractivity contribution in [2.45, 2.75) is 46.4 Å². The molecule has 2 N–H and O–H groups in total. The van der Waals surface area contributed by atoms with Crippen molar-refractivity contribution in [2.75, 3.05) is 59.9 Å². The summed E-state index contributed by atoms with van der Waals surface area (Å²) in [6.45, 7) is 16.7. The van der Waals surface area contributed by atoms with Crippen LogP contribution in [-0.4, -0.2) is 92.3 Å². The van der Waals surface area contributed by atoms with Crippen molar-refractivity contribution in [2.24, 2.45) is 4.99 Å². The minimum atomic E-state index is -0.489. The molecule has 8 heteroatoms. The van der Waals surface area contributed by atoms with Gasteiger partial charge < -0.3 is 25.2 Å². The zero-order valence-corrected chi connectivity index (χ0v) is 20.8. The number of guanidine groups is 1. The van der Waals surface area contributed by atoms with E-state index in [-0.39, 0.29) is 6.09 Å². The van der Waals surface area contributed by atoms with Crippen molar-refractivity contribution in [1.82, 2.24) is 25.3 Å². The molecule has 0 spiro atoms. The summed E-state index contributed by atoms with van der Waals surface area (Å²) in [6.07, 6.45) is -0.314. The van der Waals surface area contributed by atoms with Gasteiger partial charge in [0.2, 0.25) is 0 Å². The molecule has 32 heavy (non-hydrogen) atoms. The molecule has 0 bridgehead atoms. The zero-order valence-electron chi connectivity index (χ0n) is 20.8. The molecule has 1 amide bonds. The Labute approximate surface area is 194 Å². The second-order valence-corrected chi connectivity index (χ2v) is 9.28. The minimum Gasteiger partial charge on any atom is -0.444 e. The van der Waals surface area contributed by atoms with Gasteiger partial charge in [-0.3, -0.25) is 9.89 Å². The van der Waals surface area contributed by atoms with Gasteiger partial charge in [-0.05, 0) is 38.4 Å². The number of likely N-dealkylation sites (N-methyl/N-ethyl adjacent to an activating group) is 1. The summed E-state index contributed by atoms with van der Waals surface area (Å²) < 4.78 is 5.41. The maximum atomic E-state index is 12.1. The summed E-state index contributed by atoms with van der Waals surface area (Å²) >= 11 is 0. The predicted molar refractivity (Wildman–Crippen MR) is 131 cm³/mol. The Kier molecular flexibility index (Phi) is 10.3. The van der Waals surface area contributed by atoms with Crippen LogP contribution >= 0.6 is 0 Å². The van der Waals surface area contributed by atoms with E-state index in [1.54, 1.807) is 19.0 Å². The van der Waals surface area contributed by atoms with Crippen molar-refractivity contribution < 1.29 is 9.53 Å². The van der Waals surface area contributed by atoms with Crippen LogP contribution in [0.3, 0.4) is 0 Å². The zero-order chi connectivity index (χ0) is 23.6. The molecular formula is C24H42N6O2. The van der Waals surface area contributed by atoms with Crippen molar-refractivity contribution in [3.8, 4) is 0 Å². The molecule has 1 aromatic carbocycles. The minimum absolute atomic E-state index is 0.314. The molecule has 1 aromatic rings. The molecule has 0 atom stereocenters. The lowest BCUT2D eigenvalue weighted by molar-refractivity contribution is 0.0285. The first kappa shape index (κ1) is 25.9. The number of piperazine rings is 1. The van der Waals surface area contributed by atoms with Crippen molar-refractivity contribution >= 4 is 12.1 Å². The molecule has 0 unspecified atom stereocenters. The standard InChI is InChI=1S/C24H42N6O2/c1-7-29-14-16-30(17-15-29)13-12-26-22(25-5)27-18-20-8-10-21(11-9-20)19-28(6)23(31)32-24(2,3)4/h8-11H,7,12-19H2,1-6H3,(H2,25,26,27). The fourth-order valence-corrected chi connectivity index (χ4v) is 3.51. The van der Waals surface area contributed by atoms with Crippen LogP contribution in [0.1, 0.15) is 38.8 Å². The van der Waals surface area contributed by atoms with E-state index in [2.05, 4.69) is 44.5 Å². The average molecular weight is 447 g/mol. The first-order valence-corrected chi connectivity index (χ1v) is 11.6. The van der Waals surface area contributed by atoms with Gasteiger partial charge in [0, 0.05) is 66.5 Å². The Bertz CT molecular complexity index is 721. The smallest absolute Gasteiger partial charge is 0.410 e. The highest BCUT2D eigenvalue weighted by Crippen LogP contribution is 2.12. The van der Waals surface area contributed by atoms with Gasteiger partial charge in [-0.15, -0.1) is 0 Å². The molecule has 0 saturated carbocycles. The molecule has 0 aromatic heterocycles. The largest absolute Gasteiger partial charge is 0.444 e. The summed E-state index contributed by atoms with van der Waals surface area (Å²) in [5.74, 6) is 0.811. The van der Waals surface area contributed by atoms with Crippen molar-refractivity contribution in [3.63, 3.8) is 0 Å². The summed E-state index contributed by atoms with van der Waals surface area (Å²) in [5.41, 5.74) is 1.73. The molecule has 180 valence electrons. The highest BCUT2D eigenvalue weighted by atomic mass is 16.6. The van der Waals surface area contributed by atoms with E-state index in [1.165, 1.54) is 0 Å². The number of rotatable bonds is 8. The van der Waals surface area contributed by atoms with Gasteiger partial charge in [-0.2, -0.15) is 0 Å². The lowest BCUT2D eigenvalue weighted by Crippen LogP contribution is -2.49. The molecule has 0 aliphatic carbocycles.